The van der Waals surface area contributed by atoms with Gasteiger partial charge in [-0.1, -0.05) is 249 Å². The van der Waals surface area contributed by atoms with Gasteiger partial charge in [-0.15, -0.1) is 0 Å². The summed E-state index contributed by atoms with van der Waals surface area (Å²) in [5, 5.41) is 23.2. The molecule has 65 heavy (non-hydrogen) atoms. The number of carbonyl (C=O) groups is 2. The summed E-state index contributed by atoms with van der Waals surface area (Å²) >= 11 is 0. The average Bonchev–Trinajstić information content (AvgIpc) is 3.31. The van der Waals surface area contributed by atoms with Gasteiger partial charge in [-0.05, 0) is 77.0 Å². The molecule has 1 amide bonds. The van der Waals surface area contributed by atoms with Crippen LogP contribution >= 0.6 is 0 Å². The van der Waals surface area contributed by atoms with E-state index in [0.29, 0.717) is 25.9 Å². The van der Waals surface area contributed by atoms with E-state index in [1.54, 1.807) is 0 Å². The molecule has 6 heteroatoms. The Morgan fingerprint density at radius 2 is 0.785 bits per heavy atom. The second-order valence-corrected chi connectivity index (χ2v) is 19.6. The van der Waals surface area contributed by atoms with Gasteiger partial charge in [0.25, 0.3) is 0 Å². The molecule has 382 valence electrons. The van der Waals surface area contributed by atoms with E-state index >= 15 is 0 Å². The summed E-state index contributed by atoms with van der Waals surface area (Å²) in [6.45, 7) is 4.90. The Balaban J connectivity index is 3.44. The lowest BCUT2D eigenvalue weighted by Crippen LogP contribution is -2.45. The van der Waals surface area contributed by atoms with Crippen molar-refractivity contribution in [3.05, 3.63) is 36.5 Å². The first-order valence-corrected chi connectivity index (χ1v) is 28.7. The first-order chi connectivity index (χ1) is 32.0. The number of esters is 1. The summed E-state index contributed by atoms with van der Waals surface area (Å²) in [6, 6.07) is -0.545. The number of ether oxygens (including phenoxy) is 1. The number of allylic oxidation sites excluding steroid dienone is 6. The number of hydrogen-bond acceptors (Lipinski definition) is 5. The Morgan fingerprint density at radius 1 is 0.431 bits per heavy atom. The number of amides is 1. The molecule has 2 atom stereocenters. The highest BCUT2D eigenvalue weighted by molar-refractivity contribution is 5.76. The van der Waals surface area contributed by atoms with E-state index in [0.717, 1.165) is 51.4 Å². The van der Waals surface area contributed by atoms with E-state index in [1.807, 2.05) is 0 Å². The third-order valence-electron chi connectivity index (χ3n) is 13.2. The SMILES string of the molecule is CCCC/C=C\CCCCCCCC(=O)OCCCCCCCCCCC/C=C\C/C=C\CCCCCCCCCCCC(=O)NC(CO)C(O)CCCCCCCCCCCCCC. The van der Waals surface area contributed by atoms with E-state index < -0.39 is 12.1 Å². The highest BCUT2D eigenvalue weighted by Crippen LogP contribution is 2.16. The highest BCUT2D eigenvalue weighted by atomic mass is 16.5. The van der Waals surface area contributed by atoms with E-state index in [-0.39, 0.29) is 18.5 Å². The summed E-state index contributed by atoms with van der Waals surface area (Å²) in [7, 11) is 0. The lowest BCUT2D eigenvalue weighted by molar-refractivity contribution is -0.143. The maximum Gasteiger partial charge on any atom is 0.305 e. The van der Waals surface area contributed by atoms with Gasteiger partial charge in [0.2, 0.25) is 5.91 Å². The summed E-state index contributed by atoms with van der Waals surface area (Å²) in [4.78, 5) is 24.4. The van der Waals surface area contributed by atoms with Crippen molar-refractivity contribution in [3.63, 3.8) is 0 Å². The molecule has 0 aromatic carbocycles. The Kier molecular flexibility index (Phi) is 53.1. The first-order valence-electron chi connectivity index (χ1n) is 28.7. The largest absolute Gasteiger partial charge is 0.466 e. The zero-order valence-corrected chi connectivity index (χ0v) is 43.5. The Morgan fingerprint density at radius 3 is 1.23 bits per heavy atom. The van der Waals surface area contributed by atoms with Crippen LogP contribution in [0.2, 0.25) is 0 Å². The lowest BCUT2D eigenvalue weighted by atomic mass is 10.0. The molecule has 0 aliphatic rings. The zero-order valence-electron chi connectivity index (χ0n) is 43.5. The molecule has 0 aromatic rings. The molecule has 6 nitrogen and oxygen atoms in total. The van der Waals surface area contributed by atoms with Gasteiger partial charge in [0, 0.05) is 12.8 Å². The Hall–Kier alpha value is -1.92. The summed E-state index contributed by atoms with van der Waals surface area (Å²) < 4.78 is 5.45. The van der Waals surface area contributed by atoms with E-state index in [4.69, 9.17) is 4.74 Å². The van der Waals surface area contributed by atoms with Gasteiger partial charge in [0.15, 0.2) is 0 Å². The van der Waals surface area contributed by atoms with Crippen molar-refractivity contribution in [2.75, 3.05) is 13.2 Å². The topological polar surface area (TPSA) is 95.9 Å². The Bertz CT molecular complexity index is 1060. The van der Waals surface area contributed by atoms with Crippen molar-refractivity contribution in [2.45, 2.75) is 315 Å². The van der Waals surface area contributed by atoms with Crippen molar-refractivity contribution in [3.8, 4) is 0 Å². The van der Waals surface area contributed by atoms with Crippen molar-refractivity contribution in [1.29, 1.82) is 0 Å². The fourth-order valence-corrected chi connectivity index (χ4v) is 8.71. The van der Waals surface area contributed by atoms with Crippen molar-refractivity contribution in [1.82, 2.24) is 5.32 Å². The normalized spacial score (nSPS) is 12.9. The molecule has 0 radical (unpaired) electrons. The number of aliphatic hydroxyl groups is 2. The maximum atomic E-state index is 12.4. The van der Waals surface area contributed by atoms with Gasteiger partial charge in [-0.2, -0.15) is 0 Å². The van der Waals surface area contributed by atoms with Crippen molar-refractivity contribution in [2.24, 2.45) is 0 Å². The van der Waals surface area contributed by atoms with Crippen LogP contribution in [0.4, 0.5) is 0 Å². The second kappa shape index (κ2) is 54.7. The maximum absolute atomic E-state index is 12.4. The quantitative estimate of drug-likeness (QED) is 0.0321. The number of unbranched alkanes of at least 4 members (excludes halogenated alkanes) is 36. The first kappa shape index (κ1) is 63.1. The molecule has 0 heterocycles. The fraction of sp³-hybridized carbons (Fsp3) is 0.864. The summed E-state index contributed by atoms with van der Waals surface area (Å²) in [6.07, 6.45) is 67.1. The molecule has 2 unspecified atom stereocenters. The van der Waals surface area contributed by atoms with Crippen molar-refractivity contribution < 1.29 is 24.5 Å². The highest BCUT2D eigenvalue weighted by Gasteiger charge is 2.20. The van der Waals surface area contributed by atoms with Gasteiger partial charge in [-0.3, -0.25) is 9.59 Å². The number of aliphatic hydroxyl groups excluding tert-OH is 2. The molecule has 0 aliphatic carbocycles. The minimum atomic E-state index is -0.667. The third-order valence-corrected chi connectivity index (χ3v) is 13.2. The molecule has 0 aromatic heterocycles. The van der Waals surface area contributed by atoms with Gasteiger partial charge in [0.1, 0.15) is 0 Å². The van der Waals surface area contributed by atoms with E-state index in [1.165, 1.54) is 218 Å². The van der Waals surface area contributed by atoms with Crippen LogP contribution in [0.15, 0.2) is 36.5 Å². The monoisotopic (exact) mass is 914 g/mol. The predicted octanol–water partition coefficient (Wildman–Crippen LogP) is 17.6. The third kappa shape index (κ3) is 51.3. The molecule has 0 saturated carbocycles. The van der Waals surface area contributed by atoms with Crippen LogP contribution in [0.5, 0.6) is 0 Å². The molecule has 0 bridgehead atoms. The minimum absolute atomic E-state index is 0.00249. The standard InChI is InChI=1S/C59H111NO5/c1-3-5-7-9-11-13-15-32-35-39-43-47-51-57(62)56(55-61)60-58(63)52-48-44-40-36-33-29-27-25-23-21-19-17-16-18-20-22-24-26-28-30-34-38-42-46-50-54-65-59(64)53-49-45-41-37-31-14-12-10-8-6-4-2/h10,12,17-20,56-57,61-62H,3-9,11,13-16,21-55H2,1-2H3,(H,60,63)/b12-10-,19-17-,20-18-. The van der Waals surface area contributed by atoms with Gasteiger partial charge in [0.05, 0.1) is 25.4 Å². The molecule has 0 rings (SSSR count). The molecule has 0 spiro atoms. The van der Waals surface area contributed by atoms with Crippen LogP contribution < -0.4 is 5.32 Å². The van der Waals surface area contributed by atoms with Crippen LogP contribution in [0.25, 0.3) is 0 Å². The number of nitrogens with one attached hydrogen (secondary N) is 1. The van der Waals surface area contributed by atoms with Crippen LogP contribution in [0, 0.1) is 0 Å². The van der Waals surface area contributed by atoms with E-state index in [2.05, 4.69) is 55.6 Å². The van der Waals surface area contributed by atoms with Crippen LogP contribution in [0.3, 0.4) is 0 Å². The van der Waals surface area contributed by atoms with Crippen LogP contribution in [0.1, 0.15) is 303 Å². The second-order valence-electron chi connectivity index (χ2n) is 19.6. The van der Waals surface area contributed by atoms with Crippen molar-refractivity contribution >= 4 is 11.9 Å². The smallest absolute Gasteiger partial charge is 0.305 e. The number of carbonyl (C=O) groups excluding carboxylic acids is 2. The van der Waals surface area contributed by atoms with Gasteiger partial charge >= 0.3 is 5.97 Å². The number of rotatable bonds is 53. The fourth-order valence-electron chi connectivity index (χ4n) is 8.71. The molecule has 0 fully saturated rings. The molecule has 0 saturated heterocycles. The predicted molar refractivity (Wildman–Crippen MR) is 283 cm³/mol. The molecular weight excluding hydrogens is 803 g/mol. The summed E-state index contributed by atoms with van der Waals surface area (Å²) in [5.74, 6) is -0.0441. The van der Waals surface area contributed by atoms with Crippen LogP contribution in [-0.4, -0.2) is 47.4 Å². The summed E-state index contributed by atoms with van der Waals surface area (Å²) in [5.41, 5.74) is 0. The minimum Gasteiger partial charge on any atom is -0.466 e. The van der Waals surface area contributed by atoms with Crippen LogP contribution in [-0.2, 0) is 14.3 Å². The Labute approximate surface area is 404 Å². The lowest BCUT2D eigenvalue weighted by Gasteiger charge is -2.22. The molecular formula is C59H111NO5. The van der Waals surface area contributed by atoms with Gasteiger partial charge < -0.3 is 20.3 Å². The van der Waals surface area contributed by atoms with E-state index in [9.17, 15) is 19.8 Å². The average molecular weight is 915 g/mol. The van der Waals surface area contributed by atoms with Gasteiger partial charge in [-0.25, -0.2) is 0 Å². The molecule has 0 aliphatic heterocycles. The number of hydrogen-bond donors (Lipinski definition) is 3. The molecule has 3 N–H and O–H groups in total. The zero-order chi connectivity index (χ0) is 47.2.